The topological polar surface area (TPSA) is 89.8 Å². The molecule has 0 N–H and O–H groups in total. The van der Waals surface area contributed by atoms with Crippen LogP contribution in [0.5, 0.6) is 0 Å². The monoisotopic (exact) mass is 348 g/mol. The second-order valence-electron chi connectivity index (χ2n) is 5.53. The van der Waals surface area contributed by atoms with Crippen molar-refractivity contribution in [3.63, 3.8) is 0 Å². The van der Waals surface area contributed by atoms with E-state index in [4.69, 9.17) is 4.74 Å². The molecule has 7 nitrogen and oxygen atoms in total. The van der Waals surface area contributed by atoms with Gasteiger partial charge in [-0.3, -0.25) is 19.7 Å². The van der Waals surface area contributed by atoms with Gasteiger partial charge in [0.25, 0.3) is 5.69 Å². The molecule has 0 spiro atoms. The van der Waals surface area contributed by atoms with Crippen molar-refractivity contribution in [2.75, 3.05) is 13.2 Å². The number of carbonyl (C=O) groups is 2. The van der Waals surface area contributed by atoms with Crippen LogP contribution >= 0.6 is 0 Å². The van der Waals surface area contributed by atoms with Gasteiger partial charge in [0.2, 0.25) is 5.91 Å². The summed E-state index contributed by atoms with van der Waals surface area (Å²) in [7, 11) is 0. The summed E-state index contributed by atoms with van der Waals surface area (Å²) in [6.07, 6.45) is 3.93. The molecule has 0 saturated heterocycles. The Balaban J connectivity index is 2.76. The lowest BCUT2D eigenvalue weighted by atomic mass is 10.1. The number of esters is 1. The molecule has 0 fully saturated rings. The molecule has 0 aliphatic heterocycles. The van der Waals surface area contributed by atoms with Crippen molar-refractivity contribution in [1.29, 1.82) is 0 Å². The summed E-state index contributed by atoms with van der Waals surface area (Å²) in [5, 5.41) is 10.6. The van der Waals surface area contributed by atoms with Gasteiger partial charge in [-0.1, -0.05) is 6.92 Å². The first-order chi connectivity index (χ1) is 11.9. The molecule has 0 bridgehead atoms. The Bertz CT molecular complexity index is 625. The summed E-state index contributed by atoms with van der Waals surface area (Å²) < 4.78 is 4.90. The SMILES string of the molecule is CCOC(=O)CCN(C(=O)/C=C/c1ccc([N+](=O)[O-])cc1)C(C)CC. The molecule has 7 heteroatoms. The first-order valence-corrected chi connectivity index (χ1v) is 8.27. The Labute approximate surface area is 147 Å². The van der Waals surface area contributed by atoms with Crippen LogP contribution in [-0.2, 0) is 14.3 Å². The summed E-state index contributed by atoms with van der Waals surface area (Å²) in [5.74, 6) is -0.542. The third-order valence-electron chi connectivity index (χ3n) is 3.79. The molecule has 0 aliphatic carbocycles. The average molecular weight is 348 g/mol. The lowest BCUT2D eigenvalue weighted by molar-refractivity contribution is -0.384. The van der Waals surface area contributed by atoms with E-state index in [1.807, 2.05) is 13.8 Å². The number of amides is 1. The van der Waals surface area contributed by atoms with E-state index in [2.05, 4.69) is 0 Å². The number of benzene rings is 1. The maximum absolute atomic E-state index is 12.4. The maximum Gasteiger partial charge on any atom is 0.307 e. The predicted octanol–water partition coefficient (Wildman–Crippen LogP) is 3.19. The van der Waals surface area contributed by atoms with E-state index in [0.717, 1.165) is 6.42 Å². The Kier molecular flexibility index (Phi) is 8.32. The number of nitrogens with zero attached hydrogens (tertiary/aromatic N) is 2. The van der Waals surface area contributed by atoms with Crippen molar-refractivity contribution in [3.8, 4) is 0 Å². The van der Waals surface area contributed by atoms with Crippen LogP contribution in [0, 0.1) is 10.1 Å². The maximum atomic E-state index is 12.4. The highest BCUT2D eigenvalue weighted by atomic mass is 16.6. The third kappa shape index (κ3) is 6.74. The number of nitro benzene ring substituents is 1. The lowest BCUT2D eigenvalue weighted by Gasteiger charge is -2.27. The summed E-state index contributed by atoms with van der Waals surface area (Å²) in [6, 6.07) is 5.92. The summed E-state index contributed by atoms with van der Waals surface area (Å²) in [5.41, 5.74) is 0.688. The van der Waals surface area contributed by atoms with Gasteiger partial charge in [0, 0.05) is 30.8 Å². The first kappa shape index (κ1) is 20.3. The number of carbonyl (C=O) groups excluding carboxylic acids is 2. The van der Waals surface area contributed by atoms with Crippen LogP contribution in [0.3, 0.4) is 0 Å². The van der Waals surface area contributed by atoms with E-state index in [9.17, 15) is 19.7 Å². The van der Waals surface area contributed by atoms with Gasteiger partial charge in [0.1, 0.15) is 0 Å². The van der Waals surface area contributed by atoms with Crippen LogP contribution in [0.4, 0.5) is 5.69 Å². The zero-order chi connectivity index (χ0) is 18.8. The van der Waals surface area contributed by atoms with E-state index in [-0.39, 0.29) is 36.6 Å². The highest BCUT2D eigenvalue weighted by Crippen LogP contribution is 2.13. The largest absolute Gasteiger partial charge is 0.466 e. The Hall–Kier alpha value is -2.70. The third-order valence-corrected chi connectivity index (χ3v) is 3.79. The van der Waals surface area contributed by atoms with Crippen molar-refractivity contribution in [2.45, 2.75) is 39.7 Å². The fourth-order valence-corrected chi connectivity index (χ4v) is 2.18. The summed E-state index contributed by atoms with van der Waals surface area (Å²) >= 11 is 0. The Morgan fingerprint density at radius 2 is 1.92 bits per heavy atom. The van der Waals surface area contributed by atoms with Gasteiger partial charge in [-0.15, -0.1) is 0 Å². The van der Waals surface area contributed by atoms with E-state index >= 15 is 0 Å². The molecule has 1 aromatic carbocycles. The fourth-order valence-electron chi connectivity index (χ4n) is 2.18. The van der Waals surface area contributed by atoms with Crippen molar-refractivity contribution in [1.82, 2.24) is 4.90 Å². The van der Waals surface area contributed by atoms with Gasteiger partial charge in [-0.2, -0.15) is 0 Å². The number of hydrogen-bond acceptors (Lipinski definition) is 5. The molecule has 0 aliphatic rings. The number of ether oxygens (including phenoxy) is 1. The predicted molar refractivity (Wildman–Crippen MR) is 94.8 cm³/mol. The summed E-state index contributed by atoms with van der Waals surface area (Å²) in [6.45, 7) is 6.23. The van der Waals surface area contributed by atoms with Gasteiger partial charge >= 0.3 is 5.97 Å². The van der Waals surface area contributed by atoms with Crippen LogP contribution in [0.2, 0.25) is 0 Å². The van der Waals surface area contributed by atoms with Crippen LogP contribution in [0.1, 0.15) is 39.2 Å². The highest BCUT2D eigenvalue weighted by Gasteiger charge is 2.18. The minimum absolute atomic E-state index is 0.000792. The van der Waals surface area contributed by atoms with E-state index < -0.39 is 4.92 Å². The lowest BCUT2D eigenvalue weighted by Crippen LogP contribution is -2.38. The van der Waals surface area contributed by atoms with E-state index in [1.165, 1.54) is 18.2 Å². The van der Waals surface area contributed by atoms with Crippen LogP contribution < -0.4 is 0 Å². The van der Waals surface area contributed by atoms with Crippen molar-refractivity contribution in [2.24, 2.45) is 0 Å². The second-order valence-corrected chi connectivity index (χ2v) is 5.53. The highest BCUT2D eigenvalue weighted by molar-refractivity contribution is 5.92. The van der Waals surface area contributed by atoms with Crippen molar-refractivity contribution in [3.05, 3.63) is 46.0 Å². The standard InChI is InChI=1S/C18H24N2O5/c1-4-14(3)19(13-12-18(22)25-5-2)17(21)11-8-15-6-9-16(10-7-15)20(23)24/h6-11,14H,4-5,12-13H2,1-3H3/b11-8+. The molecule has 136 valence electrons. The molecule has 1 aromatic rings. The van der Waals surface area contributed by atoms with Gasteiger partial charge < -0.3 is 9.64 Å². The number of rotatable bonds is 9. The second kappa shape index (κ2) is 10.2. The quantitative estimate of drug-likeness (QED) is 0.296. The molecule has 1 amide bonds. The molecule has 0 heterocycles. The fraction of sp³-hybridized carbons (Fsp3) is 0.444. The normalized spacial score (nSPS) is 12.0. The van der Waals surface area contributed by atoms with Crippen molar-refractivity contribution < 1.29 is 19.2 Å². The molecule has 0 saturated carbocycles. The number of hydrogen-bond donors (Lipinski definition) is 0. The molecule has 1 atom stereocenters. The molecule has 25 heavy (non-hydrogen) atoms. The van der Waals surface area contributed by atoms with Gasteiger partial charge in [-0.25, -0.2) is 0 Å². The molecule has 0 radical (unpaired) electrons. The molecule has 1 rings (SSSR count). The average Bonchev–Trinajstić information content (AvgIpc) is 2.60. The molecular formula is C18H24N2O5. The zero-order valence-electron chi connectivity index (χ0n) is 14.8. The first-order valence-electron chi connectivity index (χ1n) is 8.27. The minimum Gasteiger partial charge on any atom is -0.466 e. The Morgan fingerprint density at radius 3 is 2.44 bits per heavy atom. The molecule has 0 aromatic heterocycles. The Morgan fingerprint density at radius 1 is 1.28 bits per heavy atom. The number of non-ortho nitro benzene ring substituents is 1. The van der Waals surface area contributed by atoms with E-state index in [0.29, 0.717) is 12.2 Å². The molecule has 1 unspecified atom stereocenters. The molecular weight excluding hydrogens is 324 g/mol. The van der Waals surface area contributed by atoms with Crippen molar-refractivity contribution >= 4 is 23.6 Å². The summed E-state index contributed by atoms with van der Waals surface area (Å²) in [4.78, 5) is 35.7. The minimum atomic E-state index is -0.474. The smallest absolute Gasteiger partial charge is 0.307 e. The van der Waals surface area contributed by atoms with Gasteiger partial charge in [0.05, 0.1) is 18.0 Å². The van der Waals surface area contributed by atoms with Crippen LogP contribution in [-0.4, -0.2) is 40.9 Å². The number of nitro groups is 1. The van der Waals surface area contributed by atoms with E-state index in [1.54, 1.807) is 30.0 Å². The van der Waals surface area contributed by atoms with Crippen LogP contribution in [0.25, 0.3) is 6.08 Å². The van der Waals surface area contributed by atoms with Gasteiger partial charge in [-0.05, 0) is 44.0 Å². The van der Waals surface area contributed by atoms with Crippen LogP contribution in [0.15, 0.2) is 30.3 Å². The zero-order valence-corrected chi connectivity index (χ0v) is 14.8. The van der Waals surface area contributed by atoms with Gasteiger partial charge in [0.15, 0.2) is 0 Å².